The van der Waals surface area contributed by atoms with Crippen molar-refractivity contribution in [3.8, 4) is 0 Å². The second kappa shape index (κ2) is 5.58. The normalized spacial score (nSPS) is 25.6. The van der Waals surface area contributed by atoms with E-state index in [0.717, 1.165) is 12.8 Å². The average molecular weight is 383 g/mol. The van der Waals surface area contributed by atoms with E-state index in [-0.39, 0.29) is 27.0 Å². The van der Waals surface area contributed by atoms with Crippen LogP contribution in [0.4, 0.5) is 0 Å². The first-order valence-corrected chi connectivity index (χ1v) is 10.5. The molecular formula is C15H21N5O3S2. The van der Waals surface area contributed by atoms with Crippen molar-refractivity contribution in [1.82, 2.24) is 24.7 Å². The number of imidazole rings is 1. The summed E-state index contributed by atoms with van der Waals surface area (Å²) in [4.78, 5) is 12.8. The molecule has 2 aliphatic rings. The van der Waals surface area contributed by atoms with E-state index in [1.165, 1.54) is 4.57 Å². The highest BCUT2D eigenvalue weighted by Crippen LogP contribution is 2.36. The van der Waals surface area contributed by atoms with Crippen molar-refractivity contribution < 1.29 is 8.42 Å². The van der Waals surface area contributed by atoms with Gasteiger partial charge in [0.15, 0.2) is 5.50 Å². The van der Waals surface area contributed by atoms with Crippen LogP contribution in [0.3, 0.4) is 0 Å². The van der Waals surface area contributed by atoms with E-state index < -0.39 is 10.0 Å². The Bertz CT molecular complexity index is 1010. The van der Waals surface area contributed by atoms with Crippen molar-refractivity contribution >= 4 is 32.8 Å². The number of hydrazine groups is 1. The summed E-state index contributed by atoms with van der Waals surface area (Å²) in [7, 11) is -1.93. The number of sulfonamides is 1. The number of thioether (sulfide) groups is 1. The minimum Gasteiger partial charge on any atom is -0.295 e. The molecule has 2 aromatic rings. The maximum Gasteiger partial charge on any atom is 0.330 e. The predicted octanol–water partition coefficient (Wildman–Crippen LogP) is 0.814. The molecule has 1 saturated carbocycles. The summed E-state index contributed by atoms with van der Waals surface area (Å²) in [5.74, 6) is 0. The summed E-state index contributed by atoms with van der Waals surface area (Å²) in [6.45, 7) is 3.89. The molecular weight excluding hydrogens is 362 g/mol. The molecule has 2 fully saturated rings. The van der Waals surface area contributed by atoms with E-state index in [1.807, 2.05) is 13.8 Å². The predicted molar refractivity (Wildman–Crippen MR) is 97.5 cm³/mol. The zero-order chi connectivity index (χ0) is 18.0. The summed E-state index contributed by atoms with van der Waals surface area (Å²) in [5.41, 5.74) is 6.61. The van der Waals surface area contributed by atoms with Gasteiger partial charge in [0.2, 0.25) is 10.0 Å². The Morgan fingerprint density at radius 3 is 2.60 bits per heavy atom. The van der Waals surface area contributed by atoms with Crippen LogP contribution in [0.1, 0.15) is 32.2 Å². The SMILES string of the molecule is CC1NNC(n2c(=O)n(C)c3ccc(S(=O)(=O)NC4(C)CC4)cc32)S1. The highest BCUT2D eigenvalue weighted by atomic mass is 32.2. The van der Waals surface area contributed by atoms with Crippen molar-refractivity contribution in [3.05, 3.63) is 28.7 Å². The van der Waals surface area contributed by atoms with Crippen LogP contribution in [0.5, 0.6) is 0 Å². The number of hydrogen-bond donors (Lipinski definition) is 3. The number of nitrogens with one attached hydrogen (secondary N) is 3. The third kappa shape index (κ3) is 2.91. The Balaban J connectivity index is 1.83. The van der Waals surface area contributed by atoms with Crippen molar-refractivity contribution in [3.63, 3.8) is 0 Å². The van der Waals surface area contributed by atoms with Gasteiger partial charge in [0.25, 0.3) is 0 Å². The van der Waals surface area contributed by atoms with Gasteiger partial charge >= 0.3 is 5.69 Å². The molecule has 2 unspecified atom stereocenters. The molecule has 136 valence electrons. The number of hydrogen-bond acceptors (Lipinski definition) is 6. The van der Waals surface area contributed by atoms with Crippen LogP contribution in [0.2, 0.25) is 0 Å². The van der Waals surface area contributed by atoms with Crippen molar-refractivity contribution in [2.24, 2.45) is 7.05 Å². The zero-order valence-electron chi connectivity index (χ0n) is 14.2. The molecule has 8 nitrogen and oxygen atoms in total. The van der Waals surface area contributed by atoms with Gasteiger partial charge in [-0.2, -0.15) is 0 Å². The lowest BCUT2D eigenvalue weighted by Gasteiger charge is -2.14. The monoisotopic (exact) mass is 383 g/mol. The lowest BCUT2D eigenvalue weighted by atomic mass is 10.3. The fraction of sp³-hybridized carbons (Fsp3) is 0.533. The molecule has 4 rings (SSSR count). The first-order valence-electron chi connectivity index (χ1n) is 8.12. The largest absolute Gasteiger partial charge is 0.330 e. The number of rotatable bonds is 4. The lowest BCUT2D eigenvalue weighted by Crippen LogP contribution is -2.35. The summed E-state index contributed by atoms with van der Waals surface area (Å²) in [6, 6.07) is 4.82. The zero-order valence-corrected chi connectivity index (χ0v) is 15.9. The molecule has 10 heteroatoms. The molecule has 0 amide bonds. The number of aryl methyl sites for hydroxylation is 1. The molecule has 2 atom stereocenters. The fourth-order valence-electron chi connectivity index (χ4n) is 2.99. The van der Waals surface area contributed by atoms with Gasteiger partial charge in [-0.05, 0) is 44.9 Å². The molecule has 1 aromatic heterocycles. The lowest BCUT2D eigenvalue weighted by molar-refractivity contribution is 0.479. The minimum absolute atomic E-state index is 0.149. The van der Waals surface area contributed by atoms with Gasteiger partial charge in [0, 0.05) is 12.6 Å². The summed E-state index contributed by atoms with van der Waals surface area (Å²) < 4.78 is 31.2. The molecule has 1 aliphatic heterocycles. The molecule has 3 N–H and O–H groups in total. The van der Waals surface area contributed by atoms with Crippen LogP contribution in [0.15, 0.2) is 27.9 Å². The number of nitrogens with zero attached hydrogens (tertiary/aromatic N) is 2. The fourth-order valence-corrected chi connectivity index (χ4v) is 5.46. The second-order valence-corrected chi connectivity index (χ2v) is 10.1. The van der Waals surface area contributed by atoms with Gasteiger partial charge in [-0.3, -0.25) is 9.13 Å². The van der Waals surface area contributed by atoms with Gasteiger partial charge < -0.3 is 0 Å². The first kappa shape index (κ1) is 17.1. The summed E-state index contributed by atoms with van der Waals surface area (Å²) >= 11 is 1.56. The van der Waals surface area contributed by atoms with Gasteiger partial charge in [-0.15, -0.1) is 0 Å². The molecule has 1 aromatic carbocycles. The molecule has 2 heterocycles. The molecule has 1 aliphatic carbocycles. The minimum atomic E-state index is -3.62. The van der Waals surface area contributed by atoms with Gasteiger partial charge in [-0.25, -0.2) is 28.8 Å². The topological polar surface area (TPSA) is 97.2 Å². The number of fused-ring (bicyclic) bond motifs is 1. The summed E-state index contributed by atoms with van der Waals surface area (Å²) in [6.07, 6.45) is 1.69. The van der Waals surface area contributed by atoms with E-state index in [9.17, 15) is 13.2 Å². The smallest absolute Gasteiger partial charge is 0.295 e. The Morgan fingerprint density at radius 1 is 1.28 bits per heavy atom. The van der Waals surface area contributed by atoms with Gasteiger partial charge in [-0.1, -0.05) is 11.8 Å². The number of aromatic nitrogens is 2. The standard InChI is InChI=1S/C15H21N5O3S2/c1-9-16-17-13(24-9)20-12-8-10(4-5-11(12)19(3)14(20)21)25(22,23)18-15(2)6-7-15/h4-5,8-9,13,16-18H,6-7H2,1-3H3. The van der Waals surface area contributed by atoms with Crippen molar-refractivity contribution in [2.45, 2.75) is 48.0 Å². The van der Waals surface area contributed by atoms with E-state index in [1.54, 1.807) is 41.6 Å². The second-order valence-electron chi connectivity index (χ2n) is 6.95. The van der Waals surface area contributed by atoms with E-state index in [4.69, 9.17) is 0 Å². The molecule has 1 saturated heterocycles. The van der Waals surface area contributed by atoms with Crippen LogP contribution >= 0.6 is 11.8 Å². The van der Waals surface area contributed by atoms with Gasteiger partial charge in [0.05, 0.1) is 21.3 Å². The number of benzene rings is 1. The molecule has 0 bridgehead atoms. The third-order valence-electron chi connectivity index (χ3n) is 4.73. The first-order chi connectivity index (χ1) is 11.7. The summed E-state index contributed by atoms with van der Waals surface area (Å²) in [5, 5.41) is 0.149. The van der Waals surface area contributed by atoms with Crippen LogP contribution in [-0.2, 0) is 17.1 Å². The maximum absolute atomic E-state index is 12.7. The van der Waals surface area contributed by atoms with Crippen LogP contribution in [0.25, 0.3) is 11.0 Å². The van der Waals surface area contributed by atoms with E-state index in [0.29, 0.717) is 11.0 Å². The highest BCUT2D eigenvalue weighted by molar-refractivity contribution is 8.00. The third-order valence-corrected chi connectivity index (χ3v) is 7.48. The van der Waals surface area contributed by atoms with Crippen molar-refractivity contribution in [2.75, 3.05) is 0 Å². The van der Waals surface area contributed by atoms with Crippen LogP contribution in [-0.4, -0.2) is 28.5 Å². The Morgan fingerprint density at radius 2 is 2.00 bits per heavy atom. The molecule has 0 radical (unpaired) electrons. The molecule has 25 heavy (non-hydrogen) atoms. The quantitative estimate of drug-likeness (QED) is 0.723. The average Bonchev–Trinajstić information content (AvgIpc) is 3.00. The van der Waals surface area contributed by atoms with Gasteiger partial charge in [0.1, 0.15) is 0 Å². The molecule has 0 spiro atoms. The van der Waals surface area contributed by atoms with E-state index >= 15 is 0 Å². The van der Waals surface area contributed by atoms with Crippen molar-refractivity contribution in [1.29, 1.82) is 0 Å². The Hall–Kier alpha value is -1.33. The van der Waals surface area contributed by atoms with Crippen LogP contribution < -0.4 is 21.3 Å². The Labute approximate surface area is 150 Å². The van der Waals surface area contributed by atoms with E-state index in [2.05, 4.69) is 15.6 Å². The maximum atomic E-state index is 12.7. The Kier molecular flexibility index (Phi) is 3.82. The van der Waals surface area contributed by atoms with Crippen LogP contribution in [0, 0.1) is 0 Å². The highest BCUT2D eigenvalue weighted by Gasteiger charge is 2.41.